The van der Waals surface area contributed by atoms with E-state index >= 15 is 0 Å². The number of nitrogens with zero attached hydrogens (tertiary/aromatic N) is 2. The van der Waals surface area contributed by atoms with Gasteiger partial charge in [0.2, 0.25) is 11.7 Å². The van der Waals surface area contributed by atoms with Crippen molar-refractivity contribution in [3.8, 4) is 11.4 Å². The summed E-state index contributed by atoms with van der Waals surface area (Å²) in [5.41, 5.74) is 0.545. The predicted octanol–water partition coefficient (Wildman–Crippen LogP) is 2.56. The highest BCUT2D eigenvalue weighted by molar-refractivity contribution is 9.10. The Morgan fingerprint density at radius 1 is 1.41 bits per heavy atom. The van der Waals surface area contributed by atoms with Crippen molar-refractivity contribution in [2.24, 2.45) is 0 Å². The molecule has 6 heteroatoms. The van der Waals surface area contributed by atoms with Gasteiger partial charge in [-0.1, -0.05) is 21.1 Å². The molecule has 1 aromatic heterocycles. The minimum atomic E-state index is -0.357. The average molecular weight is 301 g/mol. The van der Waals surface area contributed by atoms with Crippen LogP contribution in [-0.2, 0) is 6.42 Å². The molecule has 90 valence electrons. The van der Waals surface area contributed by atoms with Crippen molar-refractivity contribution in [3.63, 3.8) is 0 Å². The fraction of sp³-hybridized carbons (Fsp3) is 0.273. The molecule has 0 aliphatic carbocycles. The lowest BCUT2D eigenvalue weighted by Crippen LogP contribution is -1.90. The smallest absolute Gasteiger partial charge is 0.227 e. The number of hydrogen-bond acceptors (Lipinski definition) is 4. The minimum Gasteiger partial charge on any atom is -0.396 e. The summed E-state index contributed by atoms with van der Waals surface area (Å²) < 4.78 is 18.8. The topological polar surface area (TPSA) is 59.2 Å². The van der Waals surface area contributed by atoms with E-state index in [1.807, 2.05) is 0 Å². The Bertz CT molecular complexity index is 516. The van der Waals surface area contributed by atoms with Gasteiger partial charge in [-0.25, -0.2) is 4.39 Å². The van der Waals surface area contributed by atoms with Gasteiger partial charge in [-0.05, 0) is 24.6 Å². The summed E-state index contributed by atoms with van der Waals surface area (Å²) in [7, 11) is 0. The predicted molar refractivity (Wildman–Crippen MR) is 62.8 cm³/mol. The van der Waals surface area contributed by atoms with Crippen molar-refractivity contribution >= 4 is 15.9 Å². The molecule has 0 unspecified atom stereocenters. The van der Waals surface area contributed by atoms with Crippen molar-refractivity contribution in [3.05, 3.63) is 34.4 Å². The molecule has 0 aliphatic heterocycles. The maximum absolute atomic E-state index is 13.1. The molecule has 2 aromatic rings. The summed E-state index contributed by atoms with van der Waals surface area (Å²) in [5, 5.41) is 12.5. The van der Waals surface area contributed by atoms with E-state index in [0.29, 0.717) is 34.6 Å². The van der Waals surface area contributed by atoms with Gasteiger partial charge in [0, 0.05) is 23.1 Å². The van der Waals surface area contributed by atoms with E-state index in [1.54, 1.807) is 6.07 Å². The van der Waals surface area contributed by atoms with Crippen molar-refractivity contribution in [2.75, 3.05) is 6.61 Å². The van der Waals surface area contributed by atoms with Gasteiger partial charge in [0.05, 0.1) is 0 Å². The molecule has 0 radical (unpaired) electrons. The van der Waals surface area contributed by atoms with E-state index in [-0.39, 0.29) is 12.4 Å². The minimum absolute atomic E-state index is 0.0708. The average Bonchev–Trinajstić information content (AvgIpc) is 2.78. The molecular weight excluding hydrogens is 291 g/mol. The van der Waals surface area contributed by atoms with Gasteiger partial charge in [0.15, 0.2) is 0 Å². The second-order valence-corrected chi connectivity index (χ2v) is 4.32. The lowest BCUT2D eigenvalue weighted by Gasteiger charge is -1.98. The van der Waals surface area contributed by atoms with Crippen LogP contribution in [0.4, 0.5) is 4.39 Å². The summed E-state index contributed by atoms with van der Waals surface area (Å²) in [6.45, 7) is 0.0708. The van der Waals surface area contributed by atoms with Crippen LogP contribution in [0.2, 0.25) is 0 Å². The van der Waals surface area contributed by atoms with Gasteiger partial charge >= 0.3 is 0 Å². The Kier molecular flexibility index (Phi) is 3.86. The Morgan fingerprint density at radius 2 is 2.24 bits per heavy atom. The van der Waals surface area contributed by atoms with E-state index in [9.17, 15) is 4.39 Å². The normalized spacial score (nSPS) is 10.8. The zero-order chi connectivity index (χ0) is 12.3. The second kappa shape index (κ2) is 5.37. The molecule has 1 N–H and O–H groups in total. The highest BCUT2D eigenvalue weighted by Gasteiger charge is 2.12. The molecule has 17 heavy (non-hydrogen) atoms. The number of aliphatic hydroxyl groups is 1. The first-order valence-electron chi connectivity index (χ1n) is 5.09. The fourth-order valence-electron chi connectivity index (χ4n) is 1.36. The number of halogens is 2. The molecule has 4 nitrogen and oxygen atoms in total. The van der Waals surface area contributed by atoms with Crippen molar-refractivity contribution in [1.29, 1.82) is 0 Å². The largest absolute Gasteiger partial charge is 0.396 e. The van der Waals surface area contributed by atoms with Crippen molar-refractivity contribution in [2.45, 2.75) is 12.8 Å². The van der Waals surface area contributed by atoms with Crippen LogP contribution in [0.3, 0.4) is 0 Å². The molecule has 0 saturated carbocycles. The van der Waals surface area contributed by atoms with E-state index in [4.69, 9.17) is 9.63 Å². The molecule has 0 saturated heterocycles. The standard InChI is InChI=1S/C11H10BrFN2O2/c12-9-4-3-7(13)6-8(9)11-14-10(17-15-11)2-1-5-16/h3-4,6,16H,1-2,5H2. The van der Waals surface area contributed by atoms with Crippen LogP contribution < -0.4 is 0 Å². The van der Waals surface area contributed by atoms with Gasteiger partial charge in [-0.3, -0.25) is 0 Å². The van der Waals surface area contributed by atoms with Gasteiger partial charge in [-0.15, -0.1) is 0 Å². The van der Waals surface area contributed by atoms with Crippen LogP contribution in [0, 0.1) is 5.82 Å². The van der Waals surface area contributed by atoms with E-state index < -0.39 is 0 Å². The lowest BCUT2D eigenvalue weighted by molar-refractivity contribution is 0.278. The summed E-state index contributed by atoms with van der Waals surface area (Å²) >= 11 is 3.30. The van der Waals surface area contributed by atoms with Crippen LogP contribution in [0.1, 0.15) is 12.3 Å². The third-order valence-electron chi connectivity index (χ3n) is 2.19. The monoisotopic (exact) mass is 300 g/mol. The number of aromatic nitrogens is 2. The number of benzene rings is 1. The van der Waals surface area contributed by atoms with Crippen molar-refractivity contribution < 1.29 is 14.0 Å². The highest BCUT2D eigenvalue weighted by atomic mass is 79.9. The van der Waals surface area contributed by atoms with E-state index in [1.165, 1.54) is 12.1 Å². The Morgan fingerprint density at radius 3 is 3.00 bits per heavy atom. The molecule has 0 aliphatic rings. The van der Waals surface area contributed by atoms with Gasteiger partial charge in [-0.2, -0.15) is 4.98 Å². The first-order chi connectivity index (χ1) is 8.20. The molecule has 0 atom stereocenters. The summed E-state index contributed by atoms with van der Waals surface area (Å²) in [4.78, 5) is 4.13. The van der Waals surface area contributed by atoms with E-state index in [0.717, 1.165) is 0 Å². The molecule has 1 aromatic carbocycles. The number of rotatable bonds is 4. The van der Waals surface area contributed by atoms with E-state index in [2.05, 4.69) is 26.1 Å². The van der Waals surface area contributed by atoms with Crippen LogP contribution in [0.15, 0.2) is 27.2 Å². The molecule has 0 fully saturated rings. The van der Waals surface area contributed by atoms with Crippen LogP contribution in [-0.4, -0.2) is 21.9 Å². The highest BCUT2D eigenvalue weighted by Crippen LogP contribution is 2.26. The number of aryl methyl sites for hydroxylation is 1. The molecule has 1 heterocycles. The second-order valence-electron chi connectivity index (χ2n) is 3.46. The lowest BCUT2D eigenvalue weighted by atomic mass is 10.2. The maximum Gasteiger partial charge on any atom is 0.227 e. The Labute approximate surface area is 106 Å². The third-order valence-corrected chi connectivity index (χ3v) is 2.88. The molecule has 0 amide bonds. The quantitative estimate of drug-likeness (QED) is 0.943. The third kappa shape index (κ3) is 2.89. The van der Waals surface area contributed by atoms with Crippen LogP contribution in [0.5, 0.6) is 0 Å². The molecule has 0 bridgehead atoms. The number of hydrogen-bond donors (Lipinski definition) is 1. The zero-order valence-electron chi connectivity index (χ0n) is 8.86. The van der Waals surface area contributed by atoms with Crippen LogP contribution >= 0.6 is 15.9 Å². The van der Waals surface area contributed by atoms with Gasteiger partial charge in [0.1, 0.15) is 5.82 Å². The van der Waals surface area contributed by atoms with Crippen LogP contribution in [0.25, 0.3) is 11.4 Å². The molecule has 0 spiro atoms. The first-order valence-corrected chi connectivity index (χ1v) is 5.89. The van der Waals surface area contributed by atoms with Gasteiger partial charge < -0.3 is 9.63 Å². The SMILES string of the molecule is OCCCc1nc(-c2cc(F)ccc2Br)no1. The zero-order valence-corrected chi connectivity index (χ0v) is 10.4. The number of aliphatic hydroxyl groups excluding tert-OH is 1. The fourth-order valence-corrected chi connectivity index (χ4v) is 1.79. The molecular formula is C11H10BrFN2O2. The summed E-state index contributed by atoms with van der Waals surface area (Å²) in [6, 6.07) is 4.28. The van der Waals surface area contributed by atoms with Crippen molar-refractivity contribution in [1.82, 2.24) is 10.1 Å². The van der Waals surface area contributed by atoms with Gasteiger partial charge in [0.25, 0.3) is 0 Å². The summed E-state index contributed by atoms with van der Waals surface area (Å²) in [5.74, 6) is 0.416. The summed E-state index contributed by atoms with van der Waals surface area (Å²) in [6.07, 6.45) is 1.07. The Balaban J connectivity index is 2.27. The maximum atomic E-state index is 13.1. The molecule has 2 rings (SSSR count). The Hall–Kier alpha value is -1.27. The first kappa shape index (κ1) is 12.2.